The van der Waals surface area contributed by atoms with Crippen molar-refractivity contribution in [2.45, 2.75) is 24.9 Å². The molecule has 2 unspecified atom stereocenters. The number of carbonyl (C=O) groups excluding carboxylic acids is 2. The van der Waals surface area contributed by atoms with Crippen molar-refractivity contribution in [1.29, 1.82) is 0 Å². The van der Waals surface area contributed by atoms with E-state index in [9.17, 15) is 9.59 Å². The number of likely N-dealkylation sites (tertiary alicyclic amines) is 1. The van der Waals surface area contributed by atoms with E-state index in [1.54, 1.807) is 17.2 Å². The van der Waals surface area contributed by atoms with Crippen LogP contribution in [-0.2, 0) is 9.59 Å². The van der Waals surface area contributed by atoms with Gasteiger partial charge < -0.3 is 25.0 Å². The highest BCUT2D eigenvalue weighted by Gasteiger charge is 2.41. The van der Waals surface area contributed by atoms with Gasteiger partial charge in [-0.1, -0.05) is 35.8 Å². The van der Waals surface area contributed by atoms with E-state index in [2.05, 4.69) is 27.2 Å². The quantitative estimate of drug-likeness (QED) is 0.398. The summed E-state index contributed by atoms with van der Waals surface area (Å²) in [4.78, 5) is 35.6. The fourth-order valence-electron chi connectivity index (χ4n) is 4.67. The Morgan fingerprint density at radius 2 is 1.76 bits per heavy atom. The molecule has 0 spiro atoms. The molecule has 1 saturated carbocycles. The second kappa shape index (κ2) is 10.7. The highest BCUT2D eigenvalue weighted by Crippen LogP contribution is 2.46. The van der Waals surface area contributed by atoms with Gasteiger partial charge in [-0.15, -0.1) is 0 Å². The van der Waals surface area contributed by atoms with Gasteiger partial charge in [0.25, 0.3) is 0 Å². The number of aromatic nitrogens is 2. The summed E-state index contributed by atoms with van der Waals surface area (Å²) < 4.78 is 10.8. The largest absolute Gasteiger partial charge is 0.495 e. The van der Waals surface area contributed by atoms with E-state index < -0.39 is 0 Å². The Morgan fingerprint density at radius 1 is 1.08 bits per heavy atom. The SMILES string of the molecule is C=CC(=O)NC1CN(C(=O)C2CC2)CC1Nc1ncc2cc(-c3c(Cl)c(OC)cc(OC)c3Cl)ccc2n1. The molecule has 2 aromatic carbocycles. The molecular weight excluding hydrogens is 529 g/mol. The van der Waals surface area contributed by atoms with Crippen molar-refractivity contribution in [3.8, 4) is 22.6 Å². The summed E-state index contributed by atoms with van der Waals surface area (Å²) in [5.41, 5.74) is 2.04. The number of benzene rings is 2. The molecule has 11 heteroatoms. The fourth-order valence-corrected chi connectivity index (χ4v) is 5.39. The van der Waals surface area contributed by atoms with E-state index in [1.165, 1.54) is 20.3 Å². The first-order valence-corrected chi connectivity index (χ1v) is 12.9. The van der Waals surface area contributed by atoms with E-state index in [0.29, 0.717) is 51.7 Å². The van der Waals surface area contributed by atoms with Crippen molar-refractivity contribution in [3.63, 3.8) is 0 Å². The van der Waals surface area contributed by atoms with E-state index in [1.807, 2.05) is 18.2 Å². The van der Waals surface area contributed by atoms with Gasteiger partial charge in [-0.2, -0.15) is 0 Å². The van der Waals surface area contributed by atoms with Crippen LogP contribution in [0.2, 0.25) is 10.0 Å². The number of ether oxygens (including phenoxy) is 2. The number of methoxy groups -OCH3 is 2. The van der Waals surface area contributed by atoms with Crippen LogP contribution in [0.25, 0.3) is 22.0 Å². The summed E-state index contributed by atoms with van der Waals surface area (Å²) in [6.07, 6.45) is 4.77. The van der Waals surface area contributed by atoms with Crippen LogP contribution in [-0.4, -0.2) is 66.1 Å². The topological polar surface area (TPSA) is 106 Å². The number of anilines is 1. The predicted octanol–water partition coefficient (Wildman–Crippen LogP) is 4.32. The number of halogens is 2. The summed E-state index contributed by atoms with van der Waals surface area (Å²) in [5.74, 6) is 1.23. The first kappa shape index (κ1) is 26.1. The molecule has 0 bridgehead atoms. The van der Waals surface area contributed by atoms with E-state index in [0.717, 1.165) is 23.8 Å². The molecule has 2 N–H and O–H groups in total. The Kier molecular flexibility index (Phi) is 7.32. The van der Waals surface area contributed by atoms with Crippen molar-refractivity contribution < 1.29 is 19.1 Å². The molecule has 0 radical (unpaired) electrons. The lowest BCUT2D eigenvalue weighted by atomic mass is 10.0. The summed E-state index contributed by atoms with van der Waals surface area (Å²) in [6.45, 7) is 4.41. The second-order valence-electron chi connectivity index (χ2n) is 9.34. The molecule has 5 rings (SSSR count). The van der Waals surface area contributed by atoms with Gasteiger partial charge in [-0.25, -0.2) is 9.97 Å². The fraction of sp³-hybridized carbons (Fsp3) is 0.333. The number of nitrogens with one attached hydrogen (secondary N) is 2. The molecule has 2 amide bonds. The number of amides is 2. The Bertz CT molecular complexity index is 1400. The first-order valence-electron chi connectivity index (χ1n) is 12.2. The number of hydrogen-bond donors (Lipinski definition) is 2. The molecule has 198 valence electrons. The molecule has 1 aromatic heterocycles. The van der Waals surface area contributed by atoms with Gasteiger partial charge in [-0.05, 0) is 36.6 Å². The van der Waals surface area contributed by atoms with Gasteiger partial charge >= 0.3 is 0 Å². The summed E-state index contributed by atoms with van der Waals surface area (Å²) in [6, 6.07) is 6.71. The molecule has 1 saturated heterocycles. The maximum atomic E-state index is 12.7. The molecule has 2 fully saturated rings. The third kappa shape index (κ3) is 5.08. The van der Waals surface area contributed by atoms with Crippen LogP contribution >= 0.6 is 23.2 Å². The van der Waals surface area contributed by atoms with E-state index >= 15 is 0 Å². The smallest absolute Gasteiger partial charge is 0.243 e. The third-order valence-electron chi connectivity index (χ3n) is 6.83. The summed E-state index contributed by atoms with van der Waals surface area (Å²) >= 11 is 13.2. The number of nitrogens with zero attached hydrogens (tertiary/aromatic N) is 3. The predicted molar refractivity (Wildman–Crippen MR) is 147 cm³/mol. The zero-order valence-corrected chi connectivity index (χ0v) is 22.5. The van der Waals surface area contributed by atoms with Crippen molar-refractivity contribution in [2.24, 2.45) is 5.92 Å². The first-order chi connectivity index (χ1) is 18.3. The van der Waals surface area contributed by atoms with Crippen molar-refractivity contribution in [3.05, 3.63) is 53.2 Å². The minimum atomic E-state index is -0.294. The molecule has 9 nitrogen and oxygen atoms in total. The van der Waals surface area contributed by atoms with Gasteiger partial charge in [0.15, 0.2) is 0 Å². The van der Waals surface area contributed by atoms with Crippen molar-refractivity contribution in [2.75, 3.05) is 32.6 Å². The molecule has 38 heavy (non-hydrogen) atoms. The van der Waals surface area contributed by atoms with Gasteiger partial charge in [0.2, 0.25) is 17.8 Å². The molecule has 2 atom stereocenters. The molecule has 3 aromatic rings. The minimum Gasteiger partial charge on any atom is -0.495 e. The number of rotatable bonds is 8. The summed E-state index contributed by atoms with van der Waals surface area (Å²) in [7, 11) is 3.06. The van der Waals surface area contributed by atoms with E-state index in [-0.39, 0.29) is 29.8 Å². The molecule has 1 aliphatic carbocycles. The molecule has 2 aliphatic rings. The highest BCUT2D eigenvalue weighted by molar-refractivity contribution is 6.41. The molecule has 1 aliphatic heterocycles. The lowest BCUT2D eigenvalue weighted by Gasteiger charge is -2.20. The highest BCUT2D eigenvalue weighted by atomic mass is 35.5. The van der Waals surface area contributed by atoms with Crippen LogP contribution in [0.3, 0.4) is 0 Å². The monoisotopic (exact) mass is 555 g/mol. The standard InChI is InChI=1S/C27H27Cl2N5O4/c1-4-22(35)31-18-12-34(26(36)14-5-6-14)13-19(18)33-27-30-11-16-9-15(7-8-17(16)32-27)23-24(28)20(37-2)10-21(38-3)25(23)29/h4,7-11,14,18-19H,1,5-6,12-13H2,2-3H3,(H,31,35)(H,30,32,33). The number of carbonyl (C=O) groups is 2. The van der Waals surface area contributed by atoms with Gasteiger partial charge in [0, 0.05) is 42.2 Å². The van der Waals surface area contributed by atoms with E-state index in [4.69, 9.17) is 32.7 Å². The van der Waals surface area contributed by atoms with Crippen LogP contribution in [0.15, 0.2) is 43.1 Å². The van der Waals surface area contributed by atoms with Crippen molar-refractivity contribution >= 4 is 51.9 Å². The van der Waals surface area contributed by atoms with Crippen molar-refractivity contribution in [1.82, 2.24) is 20.2 Å². The average molecular weight is 556 g/mol. The lowest BCUT2D eigenvalue weighted by Crippen LogP contribution is -2.45. The Hall–Kier alpha value is -3.56. The molecular formula is C27H27Cl2N5O4. The van der Waals surface area contributed by atoms with Crippen LogP contribution < -0.4 is 20.1 Å². The Morgan fingerprint density at radius 3 is 2.39 bits per heavy atom. The van der Waals surface area contributed by atoms with Crippen LogP contribution in [0, 0.1) is 5.92 Å². The van der Waals surface area contributed by atoms with Gasteiger partial charge in [-0.3, -0.25) is 9.59 Å². The minimum absolute atomic E-state index is 0.0992. The van der Waals surface area contributed by atoms with Gasteiger partial charge in [0.05, 0.1) is 41.9 Å². The molecule has 2 heterocycles. The van der Waals surface area contributed by atoms with Crippen LogP contribution in [0.4, 0.5) is 5.95 Å². The van der Waals surface area contributed by atoms with Gasteiger partial charge in [0.1, 0.15) is 11.5 Å². The van der Waals surface area contributed by atoms with Crippen LogP contribution in [0.1, 0.15) is 12.8 Å². The normalized spacial score (nSPS) is 18.8. The maximum Gasteiger partial charge on any atom is 0.243 e. The lowest BCUT2D eigenvalue weighted by molar-refractivity contribution is -0.131. The zero-order chi connectivity index (χ0) is 27.0. The summed E-state index contributed by atoms with van der Waals surface area (Å²) in [5, 5.41) is 7.75. The number of hydrogen-bond acceptors (Lipinski definition) is 7. The Balaban J connectivity index is 1.41. The van der Waals surface area contributed by atoms with Crippen LogP contribution in [0.5, 0.6) is 11.5 Å². The zero-order valence-electron chi connectivity index (χ0n) is 21.0. The third-order valence-corrected chi connectivity index (χ3v) is 7.58. The second-order valence-corrected chi connectivity index (χ2v) is 10.1. The average Bonchev–Trinajstić information content (AvgIpc) is 3.70. The maximum absolute atomic E-state index is 12.7. The Labute approximate surface area is 230 Å². The number of fused-ring (bicyclic) bond motifs is 1.